The van der Waals surface area contributed by atoms with Gasteiger partial charge in [0.1, 0.15) is 0 Å². The highest BCUT2D eigenvalue weighted by atomic mass is 15.1. The lowest BCUT2D eigenvalue weighted by Crippen LogP contribution is -2.11. The van der Waals surface area contributed by atoms with Gasteiger partial charge in [-0.25, -0.2) is 0 Å². The number of fused-ring (bicyclic) bond motifs is 3. The summed E-state index contributed by atoms with van der Waals surface area (Å²) in [4.78, 5) is 2.42. The van der Waals surface area contributed by atoms with Crippen molar-refractivity contribution in [2.75, 3.05) is 4.90 Å². The first-order valence-electron chi connectivity index (χ1n) is 19.2. The minimum Gasteiger partial charge on any atom is -0.310 e. The third-order valence-corrected chi connectivity index (χ3v) is 10.8. The fourth-order valence-electron chi connectivity index (χ4n) is 8.06. The molecule has 0 aliphatic rings. The summed E-state index contributed by atoms with van der Waals surface area (Å²) < 4.78 is 2.41. The van der Waals surface area contributed by atoms with Crippen molar-refractivity contribution in [1.29, 1.82) is 0 Å². The molecule has 0 atom stereocenters. The summed E-state index contributed by atoms with van der Waals surface area (Å²) in [5.41, 5.74) is 16.3. The second-order valence-electron chi connectivity index (χ2n) is 14.2. The summed E-state index contributed by atoms with van der Waals surface area (Å²) in [5.74, 6) is 0. The molecule has 0 amide bonds. The molecule has 0 fully saturated rings. The summed E-state index contributed by atoms with van der Waals surface area (Å²) in [6.45, 7) is 0. The van der Waals surface area contributed by atoms with Crippen LogP contribution in [0.5, 0.6) is 0 Å². The van der Waals surface area contributed by atoms with Crippen LogP contribution in [-0.4, -0.2) is 4.57 Å². The smallest absolute Gasteiger partial charge is 0.0561 e. The Morgan fingerprint density at radius 3 is 1.34 bits per heavy atom. The van der Waals surface area contributed by atoms with E-state index in [9.17, 15) is 0 Å². The van der Waals surface area contributed by atoms with Crippen LogP contribution in [0.25, 0.3) is 72.0 Å². The first-order valence-corrected chi connectivity index (χ1v) is 19.2. The monoisotopic (exact) mass is 714 g/mol. The molecule has 0 saturated heterocycles. The van der Waals surface area contributed by atoms with Crippen LogP contribution in [0.1, 0.15) is 0 Å². The molecule has 0 saturated carbocycles. The van der Waals surface area contributed by atoms with Crippen molar-refractivity contribution in [2.45, 2.75) is 0 Å². The molecule has 0 unspecified atom stereocenters. The van der Waals surface area contributed by atoms with Gasteiger partial charge in [0.05, 0.1) is 16.7 Å². The van der Waals surface area contributed by atoms with E-state index in [2.05, 4.69) is 240 Å². The summed E-state index contributed by atoms with van der Waals surface area (Å²) in [5, 5.41) is 2.45. The zero-order chi connectivity index (χ0) is 37.3. The number of aromatic nitrogens is 1. The maximum Gasteiger partial charge on any atom is 0.0561 e. The molecule has 2 nitrogen and oxygen atoms in total. The lowest BCUT2D eigenvalue weighted by Gasteiger charge is -2.29. The number of nitrogens with zero attached hydrogens (tertiary/aromatic N) is 2. The Hall–Kier alpha value is -7.42. The molecule has 10 rings (SSSR count). The Balaban J connectivity index is 1.19. The van der Waals surface area contributed by atoms with Crippen LogP contribution < -0.4 is 4.90 Å². The molecule has 0 spiro atoms. The van der Waals surface area contributed by atoms with Crippen molar-refractivity contribution < 1.29 is 0 Å². The van der Waals surface area contributed by atoms with Gasteiger partial charge in [-0.1, -0.05) is 176 Å². The van der Waals surface area contributed by atoms with Gasteiger partial charge in [-0.3, -0.25) is 0 Å². The molecular formula is C54H38N2. The van der Waals surface area contributed by atoms with E-state index >= 15 is 0 Å². The van der Waals surface area contributed by atoms with E-state index in [0.29, 0.717) is 0 Å². The van der Waals surface area contributed by atoms with Crippen LogP contribution in [0.4, 0.5) is 17.1 Å². The second kappa shape index (κ2) is 14.4. The van der Waals surface area contributed by atoms with Gasteiger partial charge in [-0.05, 0) is 93.5 Å². The van der Waals surface area contributed by atoms with Crippen molar-refractivity contribution in [2.24, 2.45) is 0 Å². The minimum absolute atomic E-state index is 1.08. The lowest BCUT2D eigenvalue weighted by atomic mass is 9.96. The zero-order valence-corrected chi connectivity index (χ0v) is 30.8. The van der Waals surface area contributed by atoms with Gasteiger partial charge in [0.15, 0.2) is 0 Å². The highest BCUT2D eigenvalue weighted by molar-refractivity contribution is 6.10. The standard InChI is InChI=1S/C54H38N2/c1-5-15-39(16-6-1)42-25-30-46(31-26-42)55(53-36-29-45(41-19-9-3-10-20-41)37-51(53)44-21-11-4-12-22-44)48-34-35-50-49-23-13-14-24-52(49)56(54(50)38-48)47-32-27-43(28-33-47)40-17-7-2-8-18-40/h1-38H. The van der Waals surface area contributed by atoms with Crippen molar-refractivity contribution in [3.63, 3.8) is 0 Å². The molecule has 10 aromatic rings. The highest BCUT2D eigenvalue weighted by Crippen LogP contribution is 2.45. The average Bonchev–Trinajstić information content (AvgIpc) is 3.62. The first-order chi connectivity index (χ1) is 27.8. The van der Waals surface area contributed by atoms with Crippen LogP contribution in [0.3, 0.4) is 0 Å². The molecule has 1 heterocycles. The molecule has 56 heavy (non-hydrogen) atoms. The molecule has 1 aromatic heterocycles. The van der Waals surface area contributed by atoms with Crippen LogP contribution in [0, 0.1) is 0 Å². The van der Waals surface area contributed by atoms with E-state index < -0.39 is 0 Å². The number of anilines is 3. The van der Waals surface area contributed by atoms with Crippen molar-refractivity contribution >= 4 is 38.9 Å². The number of para-hydroxylation sites is 1. The van der Waals surface area contributed by atoms with Crippen molar-refractivity contribution in [3.8, 4) is 50.2 Å². The number of rotatable bonds is 8. The van der Waals surface area contributed by atoms with Gasteiger partial charge < -0.3 is 9.47 Å². The van der Waals surface area contributed by atoms with Gasteiger partial charge in [0.25, 0.3) is 0 Å². The maximum atomic E-state index is 2.42. The molecule has 0 N–H and O–H groups in total. The second-order valence-corrected chi connectivity index (χ2v) is 14.2. The fourth-order valence-corrected chi connectivity index (χ4v) is 8.06. The largest absolute Gasteiger partial charge is 0.310 e. The maximum absolute atomic E-state index is 2.42. The average molecular weight is 715 g/mol. The van der Waals surface area contributed by atoms with E-state index in [-0.39, 0.29) is 0 Å². The molecule has 9 aromatic carbocycles. The lowest BCUT2D eigenvalue weighted by molar-refractivity contribution is 1.18. The number of benzene rings is 9. The Morgan fingerprint density at radius 2 is 0.732 bits per heavy atom. The van der Waals surface area contributed by atoms with Crippen molar-refractivity contribution in [1.82, 2.24) is 4.57 Å². The van der Waals surface area contributed by atoms with Crippen LogP contribution in [0.15, 0.2) is 231 Å². The molecular weight excluding hydrogens is 677 g/mol. The Bertz CT molecular complexity index is 2910. The third-order valence-electron chi connectivity index (χ3n) is 10.8. The summed E-state index contributed by atoms with van der Waals surface area (Å²) in [6, 6.07) is 83.1. The van der Waals surface area contributed by atoms with Crippen LogP contribution >= 0.6 is 0 Å². The molecule has 2 heteroatoms. The van der Waals surface area contributed by atoms with Gasteiger partial charge in [-0.15, -0.1) is 0 Å². The number of hydrogen-bond donors (Lipinski definition) is 0. The van der Waals surface area contributed by atoms with Crippen LogP contribution in [0.2, 0.25) is 0 Å². The molecule has 0 bridgehead atoms. The van der Waals surface area contributed by atoms with Gasteiger partial charge in [-0.2, -0.15) is 0 Å². The van der Waals surface area contributed by atoms with E-state index in [0.717, 1.165) is 33.8 Å². The predicted octanol–water partition coefficient (Wildman–Crippen LogP) is 14.9. The fraction of sp³-hybridized carbons (Fsp3) is 0. The minimum atomic E-state index is 1.08. The van der Waals surface area contributed by atoms with Crippen molar-refractivity contribution in [3.05, 3.63) is 231 Å². The van der Waals surface area contributed by atoms with E-state index in [1.807, 2.05) is 0 Å². The summed E-state index contributed by atoms with van der Waals surface area (Å²) >= 11 is 0. The Morgan fingerprint density at radius 1 is 0.286 bits per heavy atom. The van der Waals surface area contributed by atoms with E-state index in [4.69, 9.17) is 0 Å². The normalized spacial score (nSPS) is 11.2. The molecule has 0 aliphatic carbocycles. The highest BCUT2D eigenvalue weighted by Gasteiger charge is 2.21. The molecule has 264 valence electrons. The first kappa shape index (κ1) is 33.2. The van der Waals surface area contributed by atoms with Gasteiger partial charge >= 0.3 is 0 Å². The third kappa shape index (κ3) is 6.14. The topological polar surface area (TPSA) is 8.17 Å². The summed E-state index contributed by atoms with van der Waals surface area (Å²) in [6.07, 6.45) is 0. The van der Waals surface area contributed by atoms with E-state index in [1.54, 1.807) is 0 Å². The van der Waals surface area contributed by atoms with Crippen LogP contribution in [-0.2, 0) is 0 Å². The Labute approximate surface area is 327 Å². The van der Waals surface area contributed by atoms with Gasteiger partial charge in [0, 0.05) is 33.4 Å². The summed E-state index contributed by atoms with van der Waals surface area (Å²) in [7, 11) is 0. The van der Waals surface area contributed by atoms with Gasteiger partial charge in [0.2, 0.25) is 0 Å². The number of hydrogen-bond acceptors (Lipinski definition) is 1. The quantitative estimate of drug-likeness (QED) is 0.152. The zero-order valence-electron chi connectivity index (χ0n) is 30.8. The predicted molar refractivity (Wildman–Crippen MR) is 237 cm³/mol. The Kier molecular flexibility index (Phi) is 8.55. The SMILES string of the molecule is c1ccc(-c2ccc(N(c3ccc4c5ccccc5n(-c5ccc(-c6ccccc6)cc5)c4c3)c3ccc(-c4ccccc4)cc3-c3ccccc3)cc2)cc1. The molecule has 0 aliphatic heterocycles. The molecule has 0 radical (unpaired) electrons. The van der Waals surface area contributed by atoms with E-state index in [1.165, 1.54) is 55.2 Å².